The Morgan fingerprint density at radius 2 is 1.92 bits per heavy atom. The van der Waals surface area contributed by atoms with Gasteiger partial charge in [0.2, 0.25) is 0 Å². The van der Waals surface area contributed by atoms with E-state index in [0.29, 0.717) is 11.9 Å². The molecular weight excluding hydrogens is 324 g/mol. The second kappa shape index (κ2) is 11.8. The van der Waals surface area contributed by atoms with Gasteiger partial charge in [0.15, 0.2) is 5.96 Å². The lowest BCUT2D eigenvalue weighted by atomic mass is 9.96. The zero-order valence-corrected chi connectivity index (χ0v) is 16.5. The smallest absolute Gasteiger partial charge is 0.188 e. The largest absolute Gasteiger partial charge is 0.497 e. The molecule has 1 heterocycles. The average Bonchev–Trinajstić information content (AvgIpc) is 2.68. The summed E-state index contributed by atoms with van der Waals surface area (Å²) in [6, 6.07) is 8.38. The quantitative estimate of drug-likeness (QED) is 0.381. The first-order valence-electron chi connectivity index (χ1n) is 10.1. The number of ether oxygens (including phenoxy) is 1. The number of nitrogens with one attached hydrogen (secondary N) is 1. The number of piperidine rings is 1. The van der Waals surface area contributed by atoms with Crippen molar-refractivity contribution in [2.75, 3.05) is 33.3 Å². The molecule has 26 heavy (non-hydrogen) atoms. The van der Waals surface area contributed by atoms with Crippen molar-refractivity contribution < 1.29 is 4.74 Å². The minimum absolute atomic E-state index is 0.613. The fourth-order valence-corrected chi connectivity index (χ4v) is 3.37. The van der Waals surface area contributed by atoms with Crippen LogP contribution in [0.25, 0.3) is 0 Å². The molecular formula is C21H36N4O. The van der Waals surface area contributed by atoms with Gasteiger partial charge in [-0.1, -0.05) is 38.3 Å². The lowest BCUT2D eigenvalue weighted by Gasteiger charge is -2.31. The molecule has 2 rings (SSSR count). The number of nitrogens with zero attached hydrogens (tertiary/aromatic N) is 2. The van der Waals surface area contributed by atoms with Gasteiger partial charge in [0, 0.05) is 19.6 Å². The maximum Gasteiger partial charge on any atom is 0.188 e. The molecule has 0 spiro atoms. The summed E-state index contributed by atoms with van der Waals surface area (Å²) in [6.07, 6.45) is 7.40. The van der Waals surface area contributed by atoms with E-state index in [1.165, 1.54) is 44.1 Å². The molecule has 1 saturated heterocycles. The molecule has 1 aliphatic rings. The molecule has 0 radical (unpaired) electrons. The topological polar surface area (TPSA) is 62.9 Å². The monoisotopic (exact) mass is 360 g/mol. The molecule has 1 aromatic rings. The van der Waals surface area contributed by atoms with E-state index in [1.54, 1.807) is 7.11 Å². The third-order valence-corrected chi connectivity index (χ3v) is 5.13. The zero-order valence-electron chi connectivity index (χ0n) is 16.5. The third kappa shape index (κ3) is 7.65. The Hall–Kier alpha value is -1.75. The number of unbranched alkanes of at least 4 members (excludes halogenated alkanes) is 3. The van der Waals surface area contributed by atoms with E-state index in [1.807, 2.05) is 12.1 Å². The number of hydrogen-bond acceptors (Lipinski definition) is 3. The molecule has 5 nitrogen and oxygen atoms in total. The van der Waals surface area contributed by atoms with Crippen LogP contribution in [-0.2, 0) is 6.54 Å². The number of hydrogen-bond donors (Lipinski definition) is 2. The van der Waals surface area contributed by atoms with E-state index in [0.717, 1.165) is 38.5 Å². The fraction of sp³-hybridized carbons (Fsp3) is 0.667. The molecule has 3 N–H and O–H groups in total. The summed E-state index contributed by atoms with van der Waals surface area (Å²) in [7, 11) is 1.71. The summed E-state index contributed by atoms with van der Waals surface area (Å²) in [5.74, 6) is 2.19. The predicted molar refractivity (Wildman–Crippen MR) is 110 cm³/mol. The maximum atomic E-state index is 5.98. The zero-order chi connectivity index (χ0) is 18.6. The van der Waals surface area contributed by atoms with Gasteiger partial charge in [-0.2, -0.15) is 0 Å². The number of rotatable bonds is 10. The van der Waals surface area contributed by atoms with Crippen molar-refractivity contribution >= 4 is 5.96 Å². The van der Waals surface area contributed by atoms with Crippen molar-refractivity contribution in [3.05, 3.63) is 29.8 Å². The van der Waals surface area contributed by atoms with Crippen molar-refractivity contribution in [2.45, 2.75) is 52.0 Å². The first kappa shape index (κ1) is 20.6. The van der Waals surface area contributed by atoms with Gasteiger partial charge in [0.1, 0.15) is 5.75 Å². The van der Waals surface area contributed by atoms with Crippen LogP contribution in [0.4, 0.5) is 0 Å². The SMILES string of the molecule is CCCCCCNC(N)=NCC1CCN(Cc2ccc(OC)cc2)CC1. The summed E-state index contributed by atoms with van der Waals surface area (Å²) in [6.45, 7) is 7.31. The molecule has 0 bridgehead atoms. The van der Waals surface area contributed by atoms with Gasteiger partial charge >= 0.3 is 0 Å². The normalized spacial score (nSPS) is 16.6. The maximum absolute atomic E-state index is 5.98. The second-order valence-corrected chi connectivity index (χ2v) is 7.28. The first-order chi connectivity index (χ1) is 12.7. The minimum Gasteiger partial charge on any atom is -0.497 e. The van der Waals surface area contributed by atoms with E-state index in [9.17, 15) is 0 Å². The number of methoxy groups -OCH3 is 1. The van der Waals surface area contributed by atoms with Crippen LogP contribution in [0.15, 0.2) is 29.3 Å². The summed E-state index contributed by atoms with van der Waals surface area (Å²) >= 11 is 0. The van der Waals surface area contributed by atoms with Gasteiger partial charge in [0.05, 0.1) is 7.11 Å². The highest BCUT2D eigenvalue weighted by molar-refractivity contribution is 5.77. The average molecular weight is 361 g/mol. The Kier molecular flexibility index (Phi) is 9.32. The van der Waals surface area contributed by atoms with Crippen molar-refractivity contribution in [1.82, 2.24) is 10.2 Å². The van der Waals surface area contributed by atoms with Crippen LogP contribution in [0.2, 0.25) is 0 Å². The van der Waals surface area contributed by atoms with Gasteiger partial charge in [-0.25, -0.2) is 0 Å². The number of guanidine groups is 1. The Bertz CT molecular complexity index is 521. The van der Waals surface area contributed by atoms with Gasteiger partial charge in [-0.15, -0.1) is 0 Å². The van der Waals surface area contributed by atoms with E-state index < -0.39 is 0 Å². The highest BCUT2D eigenvalue weighted by Gasteiger charge is 2.19. The summed E-state index contributed by atoms with van der Waals surface area (Å²) < 4.78 is 5.22. The van der Waals surface area contributed by atoms with E-state index >= 15 is 0 Å². The summed E-state index contributed by atoms with van der Waals surface area (Å²) in [4.78, 5) is 7.07. The van der Waals surface area contributed by atoms with Crippen molar-refractivity contribution in [3.63, 3.8) is 0 Å². The van der Waals surface area contributed by atoms with E-state index in [4.69, 9.17) is 10.5 Å². The number of likely N-dealkylation sites (tertiary alicyclic amines) is 1. The van der Waals surface area contributed by atoms with Crippen LogP contribution in [0.3, 0.4) is 0 Å². The molecule has 1 aromatic carbocycles. The fourth-order valence-electron chi connectivity index (χ4n) is 3.37. The second-order valence-electron chi connectivity index (χ2n) is 7.28. The van der Waals surface area contributed by atoms with Crippen LogP contribution in [0.1, 0.15) is 51.0 Å². The standard InChI is InChI=1S/C21H36N4O/c1-3-4-5-6-13-23-21(22)24-16-18-11-14-25(15-12-18)17-19-7-9-20(26-2)10-8-19/h7-10,18H,3-6,11-17H2,1-2H3,(H3,22,23,24). The predicted octanol–water partition coefficient (Wildman–Crippen LogP) is 3.39. The van der Waals surface area contributed by atoms with Crippen LogP contribution in [0.5, 0.6) is 5.75 Å². The van der Waals surface area contributed by atoms with Crippen LogP contribution in [-0.4, -0.2) is 44.1 Å². The summed E-state index contributed by atoms with van der Waals surface area (Å²) in [5.41, 5.74) is 7.32. The van der Waals surface area contributed by atoms with Gasteiger partial charge < -0.3 is 15.8 Å². The molecule has 0 amide bonds. The van der Waals surface area contributed by atoms with Crippen molar-refractivity contribution in [2.24, 2.45) is 16.6 Å². The molecule has 1 aliphatic heterocycles. The van der Waals surface area contributed by atoms with Gasteiger partial charge in [0.25, 0.3) is 0 Å². The highest BCUT2D eigenvalue weighted by atomic mass is 16.5. The molecule has 5 heteroatoms. The molecule has 0 atom stereocenters. The molecule has 146 valence electrons. The van der Waals surface area contributed by atoms with Crippen LogP contribution >= 0.6 is 0 Å². The lowest BCUT2D eigenvalue weighted by molar-refractivity contribution is 0.180. The van der Waals surface area contributed by atoms with E-state index in [2.05, 4.69) is 34.3 Å². The van der Waals surface area contributed by atoms with Crippen molar-refractivity contribution in [3.8, 4) is 5.75 Å². The van der Waals surface area contributed by atoms with Crippen molar-refractivity contribution in [1.29, 1.82) is 0 Å². The molecule has 0 aliphatic carbocycles. The lowest BCUT2D eigenvalue weighted by Crippen LogP contribution is -2.36. The number of aliphatic imine (C=N–C) groups is 1. The van der Waals surface area contributed by atoms with Gasteiger partial charge in [-0.3, -0.25) is 9.89 Å². The van der Waals surface area contributed by atoms with Gasteiger partial charge in [-0.05, 0) is 56.0 Å². The van der Waals surface area contributed by atoms with Crippen LogP contribution in [0, 0.1) is 5.92 Å². The number of nitrogens with two attached hydrogens (primary N) is 1. The van der Waals surface area contributed by atoms with E-state index in [-0.39, 0.29) is 0 Å². The Balaban J connectivity index is 1.62. The molecule has 0 unspecified atom stereocenters. The summed E-state index contributed by atoms with van der Waals surface area (Å²) in [5, 5.41) is 3.24. The Morgan fingerprint density at radius 3 is 2.58 bits per heavy atom. The molecule has 0 saturated carbocycles. The minimum atomic E-state index is 0.613. The number of benzene rings is 1. The molecule has 1 fully saturated rings. The first-order valence-corrected chi connectivity index (χ1v) is 10.1. The Morgan fingerprint density at radius 1 is 1.19 bits per heavy atom. The Labute approximate surface area is 159 Å². The van der Waals surface area contributed by atoms with Crippen LogP contribution < -0.4 is 15.8 Å². The highest BCUT2D eigenvalue weighted by Crippen LogP contribution is 2.20. The molecule has 0 aromatic heterocycles. The third-order valence-electron chi connectivity index (χ3n) is 5.13.